The van der Waals surface area contributed by atoms with Crippen molar-refractivity contribution in [2.75, 3.05) is 20.7 Å². The average molecular weight is 816 g/mol. The summed E-state index contributed by atoms with van der Waals surface area (Å²) in [4.78, 5) is 54.0. The molecule has 5 rings (SSSR count). The Morgan fingerprint density at radius 3 is 2.07 bits per heavy atom. The summed E-state index contributed by atoms with van der Waals surface area (Å²) in [7, 11) is 3.91. The Labute approximate surface area is 291 Å². The standard InChI is InChI=1S/C18H21NO3.2C4H6O4S.Au.Na/c1-19-8-7-18-11-4-5-13(20)17(18)22-16-14(21-2)6-3-10(15(16)18)9-12(11)19;2*5-3(6)1-2(9)4(7)8;;/h3,6,11-12,17H,4-5,7-9H2,1-2H3;2*2,9H,1H2,(H,5,6)(H,7,8);;/q;;;+3;+1/p-4/t11-,12+,17-,18-;;;;/m0..../s1. The van der Waals surface area contributed by atoms with Crippen molar-refractivity contribution in [2.24, 2.45) is 5.92 Å². The Morgan fingerprint density at radius 1 is 1.07 bits per heavy atom. The van der Waals surface area contributed by atoms with Crippen LogP contribution in [-0.4, -0.2) is 77.9 Å². The van der Waals surface area contributed by atoms with Crippen molar-refractivity contribution < 1.29 is 106 Å². The number of nitrogens with zero attached hydrogens (tertiary/aromatic N) is 1. The zero-order chi connectivity index (χ0) is 29.9. The van der Waals surface area contributed by atoms with Crippen molar-refractivity contribution in [3.63, 3.8) is 0 Å². The number of aliphatic carboxylic acids is 4. The van der Waals surface area contributed by atoms with E-state index in [0.29, 0.717) is 18.4 Å². The molecule has 0 N–H and O–H groups in total. The van der Waals surface area contributed by atoms with Gasteiger partial charge < -0.3 is 54.0 Å². The Balaban J connectivity index is 0.000000375. The van der Waals surface area contributed by atoms with E-state index in [9.17, 15) is 44.4 Å². The number of hydrogen-bond donors (Lipinski definition) is 2. The Morgan fingerprint density at radius 2 is 1.62 bits per heavy atom. The van der Waals surface area contributed by atoms with Gasteiger partial charge in [-0.2, -0.15) is 25.3 Å². The SMILES string of the molecule is COc1ccc2c3c1O[C@H]1C(=O)CC[C@H]4[C@@H](C2)N(C)CC[C@]314.O=C([O-])CC(S)C(=O)[O-].O=C([O-])CC(S)C(=O)[O-].[Au+3].[Na+]. The fraction of sp³-hybridized carbons (Fsp3) is 0.577. The second-order valence-electron chi connectivity index (χ2n) is 10.1. The Hall–Kier alpha value is -1.23. The quantitative estimate of drug-likeness (QED) is 0.195. The first-order chi connectivity index (χ1) is 18.7. The van der Waals surface area contributed by atoms with Crippen LogP contribution < -0.4 is 59.5 Å². The number of carbonyl (C=O) groups is 5. The van der Waals surface area contributed by atoms with Gasteiger partial charge >= 0.3 is 51.9 Å². The molecule has 1 aromatic rings. The monoisotopic (exact) mass is 815 g/mol. The van der Waals surface area contributed by atoms with Crippen molar-refractivity contribution in [3.05, 3.63) is 23.3 Å². The number of hydrogen-bond acceptors (Lipinski definition) is 14. The van der Waals surface area contributed by atoms with Crippen LogP contribution in [0.3, 0.4) is 0 Å². The minimum absolute atomic E-state index is 0. The third-order valence-corrected chi connectivity index (χ3v) is 8.64. The number of carbonyl (C=O) groups excluding carboxylic acids is 5. The van der Waals surface area contributed by atoms with Gasteiger partial charge in [-0.15, -0.1) is 0 Å². The molecule has 42 heavy (non-hydrogen) atoms. The summed E-state index contributed by atoms with van der Waals surface area (Å²) in [6, 6.07) is 4.73. The zero-order valence-electron chi connectivity index (χ0n) is 23.1. The van der Waals surface area contributed by atoms with Gasteiger partial charge in [0.05, 0.1) is 19.0 Å². The molecule has 2 aliphatic carbocycles. The second kappa shape index (κ2) is 16.2. The van der Waals surface area contributed by atoms with E-state index < -0.39 is 47.2 Å². The van der Waals surface area contributed by atoms with Crippen LogP contribution in [0, 0.1) is 5.92 Å². The number of Topliss-reactive ketones (excluding diaryl/α,β-unsaturated/α-hetero) is 1. The van der Waals surface area contributed by atoms with Crippen LogP contribution in [0.1, 0.15) is 43.2 Å². The van der Waals surface area contributed by atoms with Gasteiger partial charge in [-0.25, -0.2) is 0 Å². The summed E-state index contributed by atoms with van der Waals surface area (Å²) in [5.74, 6) is -3.43. The van der Waals surface area contributed by atoms with E-state index in [-0.39, 0.29) is 69.2 Å². The average Bonchev–Trinajstić information content (AvgIpc) is 3.23. The molecule has 2 unspecified atom stereocenters. The van der Waals surface area contributed by atoms with E-state index >= 15 is 0 Å². The Bertz CT molecular complexity index is 1170. The van der Waals surface area contributed by atoms with Gasteiger partial charge in [-0.3, -0.25) is 4.79 Å². The third kappa shape index (κ3) is 8.07. The second-order valence-corrected chi connectivity index (χ2v) is 11.4. The van der Waals surface area contributed by atoms with Gasteiger partial charge in [-0.1, -0.05) is 6.07 Å². The van der Waals surface area contributed by atoms with Crippen LogP contribution in [0.5, 0.6) is 11.5 Å². The number of ether oxygens (including phenoxy) is 2. The van der Waals surface area contributed by atoms with Crippen molar-refractivity contribution in [1.82, 2.24) is 4.90 Å². The van der Waals surface area contributed by atoms with Crippen LogP contribution >= 0.6 is 25.3 Å². The maximum absolute atomic E-state index is 12.6. The fourth-order valence-electron chi connectivity index (χ4n) is 6.15. The summed E-state index contributed by atoms with van der Waals surface area (Å²) in [5, 5.41) is 36.3. The molecule has 16 heteroatoms. The number of rotatable bonds is 7. The molecule has 1 spiro atoms. The van der Waals surface area contributed by atoms with Gasteiger partial charge in [0.25, 0.3) is 0 Å². The van der Waals surface area contributed by atoms with Gasteiger partial charge in [0.1, 0.15) is 0 Å². The molecule has 0 aromatic heterocycles. The molecule has 2 fully saturated rings. The Kier molecular flexibility index (Phi) is 15.0. The smallest absolute Gasteiger partial charge is 0.550 e. The molecule has 12 nitrogen and oxygen atoms in total. The number of benzene rings is 1. The molecular formula is C26H29AuNNaO11S2. The minimum Gasteiger partial charge on any atom is -0.550 e. The fourth-order valence-corrected chi connectivity index (χ4v) is 6.45. The van der Waals surface area contributed by atoms with Gasteiger partial charge in [0.15, 0.2) is 23.4 Å². The molecule has 2 aliphatic heterocycles. The minimum atomic E-state index is -1.50. The third-order valence-electron chi connectivity index (χ3n) is 7.85. The van der Waals surface area contributed by atoms with Crippen LogP contribution in [0.2, 0.25) is 0 Å². The van der Waals surface area contributed by atoms with Gasteiger partial charge in [-0.05, 0) is 50.4 Å². The normalized spacial score (nSPS) is 25.5. The van der Waals surface area contributed by atoms with Crippen molar-refractivity contribution in [2.45, 2.75) is 66.6 Å². The number of carboxylic acid groups (broad SMARTS) is 4. The van der Waals surface area contributed by atoms with Gasteiger partial charge in [0, 0.05) is 58.7 Å². The molecule has 6 atom stereocenters. The van der Waals surface area contributed by atoms with Crippen LogP contribution in [-0.2, 0) is 58.2 Å². The molecule has 1 saturated heterocycles. The maximum atomic E-state index is 12.6. The van der Waals surface area contributed by atoms with E-state index in [4.69, 9.17) is 9.47 Å². The van der Waals surface area contributed by atoms with E-state index in [0.717, 1.165) is 37.3 Å². The molecule has 2 heterocycles. The molecule has 228 valence electrons. The van der Waals surface area contributed by atoms with E-state index in [1.165, 1.54) is 11.1 Å². The van der Waals surface area contributed by atoms with E-state index in [1.54, 1.807) is 7.11 Å². The summed E-state index contributed by atoms with van der Waals surface area (Å²) < 4.78 is 11.8. The summed E-state index contributed by atoms with van der Waals surface area (Å²) >= 11 is 6.76. The van der Waals surface area contributed by atoms with Crippen molar-refractivity contribution >= 4 is 54.9 Å². The number of likely N-dealkylation sites (tertiary alicyclic amines) is 1. The van der Waals surface area contributed by atoms with Crippen LogP contribution in [0.4, 0.5) is 0 Å². The molecular weight excluding hydrogens is 786 g/mol. The maximum Gasteiger partial charge on any atom is 3.00 e. The molecule has 1 aromatic carbocycles. The first-order valence-electron chi connectivity index (χ1n) is 12.5. The number of methoxy groups -OCH3 is 1. The molecule has 0 amide bonds. The number of ketones is 1. The topological polar surface area (TPSA) is 199 Å². The largest absolute Gasteiger partial charge is 3.00 e. The molecule has 4 aliphatic rings. The van der Waals surface area contributed by atoms with Crippen LogP contribution in [0.25, 0.3) is 0 Å². The summed E-state index contributed by atoms with van der Waals surface area (Å²) in [6.45, 7) is 1.05. The van der Waals surface area contributed by atoms with Gasteiger partial charge in [0.2, 0.25) is 0 Å². The van der Waals surface area contributed by atoms with Crippen LogP contribution in [0.15, 0.2) is 12.1 Å². The number of carboxylic acids is 4. The number of thiol groups is 2. The predicted octanol–water partition coefficient (Wildman–Crippen LogP) is -6.72. The molecule has 1 saturated carbocycles. The van der Waals surface area contributed by atoms with E-state index in [1.807, 2.05) is 6.07 Å². The molecule has 2 bridgehead atoms. The first-order valence-corrected chi connectivity index (χ1v) is 13.5. The zero-order valence-corrected chi connectivity index (χ0v) is 29.1. The van der Waals surface area contributed by atoms with Crippen molar-refractivity contribution in [1.29, 1.82) is 0 Å². The molecule has 0 radical (unpaired) electrons. The first kappa shape index (κ1) is 38.8. The summed E-state index contributed by atoms with van der Waals surface area (Å²) in [6.07, 6.45) is 2.23. The van der Waals surface area contributed by atoms with Crippen molar-refractivity contribution in [3.8, 4) is 11.5 Å². The number of piperidine rings is 1. The predicted molar refractivity (Wildman–Crippen MR) is 136 cm³/mol. The van der Waals surface area contributed by atoms with E-state index in [2.05, 4.69) is 43.3 Å². The summed E-state index contributed by atoms with van der Waals surface area (Å²) in [5.41, 5.74) is 2.57. The number of likely N-dealkylation sites (N-methyl/N-ethyl adjacent to an activating group) is 1.